The van der Waals surface area contributed by atoms with Crippen molar-refractivity contribution in [1.82, 2.24) is 20.5 Å². The lowest BCUT2D eigenvalue weighted by Gasteiger charge is -2.32. The number of aromatic nitrogens is 3. The van der Waals surface area contributed by atoms with Gasteiger partial charge in [-0.1, -0.05) is 17.4 Å². The van der Waals surface area contributed by atoms with Crippen molar-refractivity contribution in [2.24, 2.45) is 0 Å². The molecule has 3 rings (SSSR count). The van der Waals surface area contributed by atoms with E-state index in [0.29, 0.717) is 11.7 Å². The Balaban J connectivity index is 1.49. The van der Waals surface area contributed by atoms with E-state index in [1.54, 1.807) is 6.20 Å². The average molecular weight is 348 g/mol. The number of pyridine rings is 1. The normalized spacial score (nSPS) is 17.6. The van der Waals surface area contributed by atoms with E-state index in [9.17, 15) is 4.79 Å². The van der Waals surface area contributed by atoms with E-state index in [4.69, 9.17) is 4.74 Å². The molecule has 1 saturated heterocycles. The third-order valence-corrected chi connectivity index (χ3v) is 4.33. The minimum atomic E-state index is -0.308. The van der Waals surface area contributed by atoms with Gasteiger partial charge in [-0.25, -0.2) is 9.78 Å². The number of carbonyl (C=O) groups excluding carboxylic acids is 1. The number of hydrogen-bond donors (Lipinski definition) is 2. The number of ether oxygens (including phenoxy) is 1. The predicted octanol–water partition coefficient (Wildman–Crippen LogP) is 1.79. The van der Waals surface area contributed by atoms with E-state index >= 15 is 0 Å². The molecule has 1 aliphatic heterocycles. The van der Waals surface area contributed by atoms with E-state index in [0.717, 1.165) is 36.1 Å². The van der Waals surface area contributed by atoms with Gasteiger partial charge in [-0.3, -0.25) is 5.32 Å². The van der Waals surface area contributed by atoms with Gasteiger partial charge < -0.3 is 15.0 Å². The van der Waals surface area contributed by atoms with Crippen molar-refractivity contribution < 1.29 is 9.53 Å². The summed E-state index contributed by atoms with van der Waals surface area (Å²) in [5.41, 5.74) is 0.934. The Morgan fingerprint density at radius 2 is 2.33 bits per heavy atom. The number of nitrogens with one attached hydrogen (secondary N) is 2. The molecule has 2 aromatic heterocycles. The van der Waals surface area contributed by atoms with E-state index in [1.165, 1.54) is 11.3 Å². The maximum Gasteiger partial charge on any atom is 0.321 e. The van der Waals surface area contributed by atoms with Crippen molar-refractivity contribution in [1.29, 1.82) is 0 Å². The number of amides is 2. The van der Waals surface area contributed by atoms with Crippen LogP contribution in [0.15, 0.2) is 18.3 Å². The van der Waals surface area contributed by atoms with Gasteiger partial charge in [0.05, 0.1) is 12.7 Å². The molecular formula is C15H20N6O2S. The lowest BCUT2D eigenvalue weighted by molar-refractivity contribution is 0.0529. The molecule has 9 heteroatoms. The summed E-state index contributed by atoms with van der Waals surface area (Å²) in [5.74, 6) is 0.933. The second-order valence-electron chi connectivity index (χ2n) is 5.59. The fourth-order valence-corrected chi connectivity index (χ4v) is 2.99. The SMILES string of the molecule is Cc1nnc(NC(=O)NCc2ccc(N3CCO[C@H](C)C3)nc2)s1. The Bertz CT molecular complexity index is 690. The molecule has 0 unspecified atom stereocenters. The van der Waals surface area contributed by atoms with Gasteiger partial charge in [-0.15, -0.1) is 10.2 Å². The van der Waals surface area contributed by atoms with Crippen molar-refractivity contribution in [2.45, 2.75) is 26.5 Å². The van der Waals surface area contributed by atoms with Crippen molar-refractivity contribution in [3.63, 3.8) is 0 Å². The first-order valence-electron chi connectivity index (χ1n) is 7.76. The lowest BCUT2D eigenvalue weighted by atomic mass is 10.2. The maximum absolute atomic E-state index is 11.8. The molecule has 2 N–H and O–H groups in total. The number of anilines is 2. The highest BCUT2D eigenvalue weighted by Crippen LogP contribution is 2.16. The second kappa shape index (κ2) is 7.54. The Kier molecular flexibility index (Phi) is 5.21. The number of rotatable bonds is 4. The van der Waals surface area contributed by atoms with Crippen molar-refractivity contribution >= 4 is 28.3 Å². The van der Waals surface area contributed by atoms with E-state index < -0.39 is 0 Å². The molecule has 0 spiro atoms. The molecule has 8 nitrogen and oxygen atoms in total. The highest BCUT2D eigenvalue weighted by atomic mass is 32.1. The largest absolute Gasteiger partial charge is 0.375 e. The second-order valence-corrected chi connectivity index (χ2v) is 6.77. The molecule has 0 aliphatic carbocycles. The minimum absolute atomic E-state index is 0.217. The van der Waals surface area contributed by atoms with Crippen LogP contribution >= 0.6 is 11.3 Å². The smallest absolute Gasteiger partial charge is 0.321 e. The first-order valence-corrected chi connectivity index (χ1v) is 8.58. The Morgan fingerprint density at radius 3 is 3.00 bits per heavy atom. The predicted molar refractivity (Wildman–Crippen MR) is 92.4 cm³/mol. The Hall–Kier alpha value is -2.26. The molecule has 3 heterocycles. The zero-order valence-corrected chi connectivity index (χ0v) is 14.5. The molecule has 0 aromatic carbocycles. The van der Waals surface area contributed by atoms with Crippen LogP contribution in [0.2, 0.25) is 0 Å². The quantitative estimate of drug-likeness (QED) is 0.875. The first-order chi connectivity index (χ1) is 11.6. The molecule has 0 bridgehead atoms. The van der Waals surface area contributed by atoms with Gasteiger partial charge >= 0.3 is 6.03 Å². The highest BCUT2D eigenvalue weighted by Gasteiger charge is 2.17. The van der Waals surface area contributed by atoms with Crippen LogP contribution in [-0.4, -0.2) is 47.0 Å². The van der Waals surface area contributed by atoms with E-state index in [2.05, 4.69) is 37.6 Å². The number of carbonyl (C=O) groups is 1. The summed E-state index contributed by atoms with van der Waals surface area (Å²) >= 11 is 1.33. The molecule has 24 heavy (non-hydrogen) atoms. The van der Waals surface area contributed by atoms with Gasteiger partial charge in [-0.05, 0) is 25.5 Å². The summed E-state index contributed by atoms with van der Waals surface area (Å²) in [6.07, 6.45) is 2.00. The summed E-state index contributed by atoms with van der Waals surface area (Å²) in [5, 5.41) is 14.4. The molecule has 1 aliphatic rings. The third-order valence-electron chi connectivity index (χ3n) is 3.57. The maximum atomic E-state index is 11.8. The molecule has 0 radical (unpaired) electrons. The molecule has 2 aromatic rings. The number of aryl methyl sites for hydroxylation is 1. The number of hydrogen-bond acceptors (Lipinski definition) is 7. The Morgan fingerprint density at radius 1 is 1.46 bits per heavy atom. The van der Waals surface area contributed by atoms with Gasteiger partial charge in [0, 0.05) is 25.8 Å². The molecule has 1 atom stereocenters. The van der Waals surface area contributed by atoms with Crippen LogP contribution in [0.1, 0.15) is 17.5 Å². The van der Waals surface area contributed by atoms with Crippen molar-refractivity contribution in [3.05, 3.63) is 28.9 Å². The van der Waals surface area contributed by atoms with Gasteiger partial charge in [0.15, 0.2) is 0 Å². The van der Waals surface area contributed by atoms with Crippen LogP contribution < -0.4 is 15.5 Å². The molecule has 1 fully saturated rings. The van der Waals surface area contributed by atoms with Crippen LogP contribution in [0.4, 0.5) is 15.7 Å². The summed E-state index contributed by atoms with van der Waals surface area (Å²) in [6, 6.07) is 3.64. The van der Waals surface area contributed by atoms with Crippen LogP contribution in [-0.2, 0) is 11.3 Å². The van der Waals surface area contributed by atoms with Crippen LogP contribution in [0.5, 0.6) is 0 Å². The van der Waals surface area contributed by atoms with Gasteiger partial charge in [0.25, 0.3) is 0 Å². The van der Waals surface area contributed by atoms with Gasteiger partial charge in [-0.2, -0.15) is 0 Å². The average Bonchev–Trinajstić information content (AvgIpc) is 2.98. The minimum Gasteiger partial charge on any atom is -0.375 e. The zero-order valence-electron chi connectivity index (χ0n) is 13.7. The molecule has 2 amide bonds. The monoisotopic (exact) mass is 348 g/mol. The summed E-state index contributed by atoms with van der Waals surface area (Å²) in [6.45, 7) is 6.70. The van der Waals surface area contributed by atoms with Crippen molar-refractivity contribution in [3.8, 4) is 0 Å². The highest BCUT2D eigenvalue weighted by molar-refractivity contribution is 7.15. The van der Waals surface area contributed by atoms with Crippen molar-refractivity contribution in [2.75, 3.05) is 29.9 Å². The van der Waals surface area contributed by atoms with E-state index in [-0.39, 0.29) is 12.1 Å². The van der Waals surface area contributed by atoms with E-state index in [1.807, 2.05) is 19.1 Å². The summed E-state index contributed by atoms with van der Waals surface area (Å²) in [7, 11) is 0. The summed E-state index contributed by atoms with van der Waals surface area (Å²) < 4.78 is 5.54. The first kappa shape index (κ1) is 16.6. The zero-order chi connectivity index (χ0) is 16.9. The molecule has 0 saturated carbocycles. The van der Waals surface area contributed by atoms with Crippen LogP contribution in [0.3, 0.4) is 0 Å². The fourth-order valence-electron chi connectivity index (χ4n) is 2.41. The third kappa shape index (κ3) is 4.39. The van der Waals surface area contributed by atoms with Crippen LogP contribution in [0.25, 0.3) is 0 Å². The Labute approximate surface area is 144 Å². The fraction of sp³-hybridized carbons (Fsp3) is 0.467. The molecular weight excluding hydrogens is 328 g/mol. The molecule has 128 valence electrons. The lowest BCUT2D eigenvalue weighted by Crippen LogP contribution is -2.41. The number of nitrogens with zero attached hydrogens (tertiary/aromatic N) is 4. The number of morpholine rings is 1. The van der Waals surface area contributed by atoms with Gasteiger partial charge in [0.1, 0.15) is 10.8 Å². The summed E-state index contributed by atoms with van der Waals surface area (Å²) in [4.78, 5) is 18.5. The number of urea groups is 1. The standard InChI is InChI=1S/C15H20N6O2S/c1-10-9-21(5-6-23-10)13-4-3-12(7-16-13)8-17-14(22)18-15-20-19-11(2)24-15/h3-4,7,10H,5-6,8-9H2,1-2H3,(H2,17,18,20,22)/t10-/m1/s1. The van der Waals surface area contributed by atoms with Gasteiger partial charge in [0.2, 0.25) is 5.13 Å². The van der Waals surface area contributed by atoms with Crippen LogP contribution in [0, 0.1) is 6.92 Å². The topological polar surface area (TPSA) is 92.3 Å².